The van der Waals surface area contributed by atoms with E-state index in [-0.39, 0.29) is 61.5 Å². The molecular weight excluding hydrogens is 871 g/mol. The maximum atomic E-state index is 14.6. The first-order valence-corrected chi connectivity index (χ1v) is 23.6. The van der Waals surface area contributed by atoms with Gasteiger partial charge in [0, 0.05) is 43.1 Å². The second kappa shape index (κ2) is 19.6. The Morgan fingerprint density at radius 1 is 0.882 bits per heavy atom. The minimum atomic E-state index is -1.09. The van der Waals surface area contributed by atoms with Gasteiger partial charge >= 0.3 is 5.97 Å². The Kier molecular flexibility index (Phi) is 12.9. The van der Waals surface area contributed by atoms with E-state index in [1.807, 2.05) is 54.6 Å². The lowest BCUT2D eigenvalue weighted by atomic mass is 9.73. The normalized spacial score (nSPS) is 19.5. The number of benzene rings is 3. The summed E-state index contributed by atoms with van der Waals surface area (Å²) >= 11 is 0. The number of carbonyl (C=O) groups is 4. The number of H-pyrrole nitrogens is 1. The van der Waals surface area contributed by atoms with E-state index >= 15 is 0 Å². The van der Waals surface area contributed by atoms with Crippen LogP contribution in [0.4, 0.5) is 0 Å². The zero-order valence-electron chi connectivity index (χ0n) is 38.2. The predicted octanol–water partition coefficient (Wildman–Crippen LogP) is 6.83. The smallest absolute Gasteiger partial charge is 0.306 e. The van der Waals surface area contributed by atoms with Crippen molar-refractivity contribution in [2.75, 3.05) is 40.7 Å². The Morgan fingerprint density at radius 2 is 1.66 bits per heavy atom. The van der Waals surface area contributed by atoms with Gasteiger partial charge in [-0.15, -0.1) is 0 Å². The minimum absolute atomic E-state index is 0.00248. The van der Waals surface area contributed by atoms with Crippen LogP contribution < -0.4 is 29.0 Å². The minimum Gasteiger partial charge on any atom is -0.493 e. The van der Waals surface area contributed by atoms with Crippen LogP contribution in [0.2, 0.25) is 0 Å². The number of nitrogens with zero attached hydrogens (tertiary/aromatic N) is 5. The standard InChI is InChI=1S/C51H55N7O10/c1-63-38-16-14-32(24-41(38)64-2)44-34-10-6-7-11-35(34)50(61)58(56-44)33-20-22-57(23-21-33)51(62)37(15-19-42(59)66-27-30-8-4-3-5-9-30)55-49(60)36-25-52-47-45(36)53-28-54-46(47)43-39(65-26-31-12-13-31)17-18-40-48(43)68-29-67-40/h3-5,8-9,14,16-18,24-25,28,31,33-35,37,52H,6-7,10-13,15,19-23,26-27,29H2,1-2H3,(H,55,60)/t34-,35+,37-/m0/s1. The predicted molar refractivity (Wildman–Crippen MR) is 248 cm³/mol. The first-order chi connectivity index (χ1) is 33.3. The number of aromatic amines is 1. The van der Waals surface area contributed by atoms with Crippen LogP contribution >= 0.6 is 0 Å². The number of piperidine rings is 1. The molecule has 5 aliphatic rings. The van der Waals surface area contributed by atoms with Gasteiger partial charge in [0.1, 0.15) is 35.9 Å². The molecule has 5 heterocycles. The topological polar surface area (TPSA) is 196 Å². The van der Waals surface area contributed by atoms with Crippen LogP contribution in [0.25, 0.3) is 22.3 Å². The van der Waals surface area contributed by atoms with Gasteiger partial charge in [0.2, 0.25) is 18.6 Å². The molecule has 3 amide bonds. The summed E-state index contributed by atoms with van der Waals surface area (Å²) in [5.74, 6) is 1.73. The summed E-state index contributed by atoms with van der Waals surface area (Å²) in [7, 11) is 3.20. The molecule has 2 aromatic heterocycles. The van der Waals surface area contributed by atoms with Gasteiger partial charge in [-0.3, -0.25) is 19.2 Å². The van der Waals surface area contributed by atoms with Crippen molar-refractivity contribution in [3.05, 3.63) is 89.9 Å². The van der Waals surface area contributed by atoms with Gasteiger partial charge in [-0.2, -0.15) is 5.10 Å². The number of ether oxygens (including phenoxy) is 6. The van der Waals surface area contributed by atoms with Crippen LogP contribution in [0.15, 0.2) is 78.3 Å². The van der Waals surface area contributed by atoms with Crippen molar-refractivity contribution in [2.24, 2.45) is 22.9 Å². The third kappa shape index (κ3) is 9.13. The van der Waals surface area contributed by atoms with Crippen molar-refractivity contribution < 1.29 is 47.6 Å². The molecule has 0 radical (unpaired) electrons. The van der Waals surface area contributed by atoms with Gasteiger partial charge in [-0.1, -0.05) is 43.2 Å². The second-order valence-corrected chi connectivity index (χ2v) is 18.1. The van der Waals surface area contributed by atoms with Crippen molar-refractivity contribution in [1.82, 2.24) is 30.2 Å². The maximum Gasteiger partial charge on any atom is 0.306 e. The largest absolute Gasteiger partial charge is 0.493 e. The molecule has 0 bridgehead atoms. The molecule has 10 rings (SSSR count). The quantitative estimate of drug-likeness (QED) is 0.0982. The number of rotatable bonds is 16. The summed E-state index contributed by atoms with van der Waals surface area (Å²) in [6.45, 7) is 1.31. The molecule has 17 heteroatoms. The Bertz CT molecular complexity index is 2730. The van der Waals surface area contributed by atoms with Gasteiger partial charge in [0.05, 0.1) is 49.2 Å². The lowest BCUT2D eigenvalue weighted by molar-refractivity contribution is -0.145. The summed E-state index contributed by atoms with van der Waals surface area (Å²) in [5.41, 5.74) is 4.61. The van der Waals surface area contributed by atoms with Crippen molar-refractivity contribution in [1.29, 1.82) is 0 Å². The zero-order valence-corrected chi connectivity index (χ0v) is 38.2. The number of likely N-dealkylation sites (tertiary alicyclic amines) is 1. The summed E-state index contributed by atoms with van der Waals surface area (Å²) in [6.07, 6.45) is 9.62. The third-order valence-corrected chi connectivity index (χ3v) is 13.8. The molecule has 2 saturated carbocycles. The molecule has 3 aliphatic heterocycles. The highest BCUT2D eigenvalue weighted by atomic mass is 16.7. The molecular formula is C51H55N7O10. The van der Waals surface area contributed by atoms with Gasteiger partial charge in [0.25, 0.3) is 5.91 Å². The first-order valence-electron chi connectivity index (χ1n) is 23.6. The average molecular weight is 926 g/mol. The fraction of sp³-hybridized carbons (Fsp3) is 0.431. The highest BCUT2D eigenvalue weighted by Crippen LogP contribution is 2.48. The average Bonchev–Trinajstić information content (AvgIpc) is 3.90. The van der Waals surface area contributed by atoms with Crippen LogP contribution in [0.5, 0.6) is 28.7 Å². The van der Waals surface area contributed by atoms with E-state index in [4.69, 9.17) is 33.5 Å². The van der Waals surface area contributed by atoms with Crippen LogP contribution in [-0.4, -0.2) is 107 Å². The molecule has 5 aromatic rings. The molecule has 0 spiro atoms. The molecule has 3 atom stereocenters. The Balaban J connectivity index is 0.880. The lowest BCUT2D eigenvalue weighted by Gasteiger charge is -2.43. The van der Waals surface area contributed by atoms with Crippen molar-refractivity contribution in [3.63, 3.8) is 0 Å². The summed E-state index contributed by atoms with van der Waals surface area (Å²) < 4.78 is 34.6. The van der Waals surface area contributed by atoms with E-state index < -0.39 is 17.9 Å². The van der Waals surface area contributed by atoms with Gasteiger partial charge in [0.15, 0.2) is 23.0 Å². The van der Waals surface area contributed by atoms with Crippen molar-refractivity contribution in [3.8, 4) is 40.0 Å². The summed E-state index contributed by atoms with van der Waals surface area (Å²) in [4.78, 5) is 70.3. The van der Waals surface area contributed by atoms with Gasteiger partial charge < -0.3 is 43.6 Å². The number of hydrazone groups is 1. The van der Waals surface area contributed by atoms with E-state index in [9.17, 15) is 19.2 Å². The molecule has 68 heavy (non-hydrogen) atoms. The zero-order chi connectivity index (χ0) is 46.7. The van der Waals surface area contributed by atoms with E-state index in [1.54, 1.807) is 30.2 Å². The van der Waals surface area contributed by atoms with Gasteiger partial charge in [-0.25, -0.2) is 15.0 Å². The fourth-order valence-corrected chi connectivity index (χ4v) is 9.90. The Labute approximate surface area is 393 Å². The number of nitrogens with one attached hydrogen (secondary N) is 2. The van der Waals surface area contributed by atoms with Crippen LogP contribution in [-0.2, 0) is 25.7 Å². The Morgan fingerprint density at radius 3 is 2.44 bits per heavy atom. The molecule has 3 fully saturated rings. The number of amides is 3. The fourth-order valence-electron chi connectivity index (χ4n) is 9.90. The van der Waals surface area contributed by atoms with E-state index in [2.05, 4.69) is 20.3 Å². The molecule has 2 aliphatic carbocycles. The van der Waals surface area contributed by atoms with Crippen LogP contribution in [0.1, 0.15) is 85.7 Å². The number of esters is 1. The second-order valence-electron chi connectivity index (χ2n) is 18.1. The Hall–Kier alpha value is -7.17. The molecule has 17 nitrogen and oxygen atoms in total. The van der Waals surface area contributed by atoms with E-state index in [0.29, 0.717) is 89.5 Å². The lowest BCUT2D eigenvalue weighted by Crippen LogP contribution is -2.55. The number of carbonyl (C=O) groups excluding carboxylic acids is 4. The molecule has 0 unspecified atom stereocenters. The van der Waals surface area contributed by atoms with Crippen molar-refractivity contribution >= 4 is 40.4 Å². The van der Waals surface area contributed by atoms with Crippen LogP contribution in [0.3, 0.4) is 0 Å². The number of hydrogen-bond donors (Lipinski definition) is 2. The van der Waals surface area contributed by atoms with E-state index in [0.717, 1.165) is 55.4 Å². The highest BCUT2D eigenvalue weighted by molar-refractivity contribution is 6.09. The molecule has 2 N–H and O–H groups in total. The van der Waals surface area contributed by atoms with Crippen molar-refractivity contribution in [2.45, 2.75) is 82.9 Å². The number of aromatic nitrogens is 3. The number of methoxy groups -OCH3 is 2. The highest BCUT2D eigenvalue weighted by Gasteiger charge is 2.44. The molecule has 3 aromatic carbocycles. The van der Waals surface area contributed by atoms with E-state index in [1.165, 1.54) is 12.5 Å². The molecule has 354 valence electrons. The molecule has 1 saturated heterocycles. The summed E-state index contributed by atoms with van der Waals surface area (Å²) in [6, 6.07) is 17.4. The van der Waals surface area contributed by atoms with Crippen LogP contribution in [0, 0.1) is 17.8 Å². The monoisotopic (exact) mass is 925 g/mol. The third-order valence-electron chi connectivity index (χ3n) is 13.8. The van der Waals surface area contributed by atoms with Gasteiger partial charge in [-0.05, 0) is 86.8 Å². The first kappa shape index (κ1) is 44.7. The number of hydrogen-bond acceptors (Lipinski definition) is 13. The SMILES string of the molecule is COc1ccc(C2=NN(C3CCN(C(=O)[C@H](CCC(=O)OCc4ccccc4)NC(=O)c4c[nH]c5c(-c6c(OCC7CC7)ccc7c6OCO7)ncnc45)CC3)C(=O)[C@@H]3CCCC[C@H]23)cc1OC. The summed E-state index contributed by atoms with van der Waals surface area (Å²) in [5, 5.41) is 9.70. The number of fused-ring (bicyclic) bond motifs is 3. The maximum absolute atomic E-state index is 14.6.